The number of carbonyl (C=O) groups excluding carboxylic acids is 1. The van der Waals surface area contributed by atoms with E-state index < -0.39 is 11.6 Å². The minimum atomic E-state index is -0.485. The van der Waals surface area contributed by atoms with Gasteiger partial charge in [-0.05, 0) is 101 Å². The predicted octanol–water partition coefficient (Wildman–Crippen LogP) is 9.30. The lowest BCUT2D eigenvalue weighted by molar-refractivity contribution is 0.0473. The molecule has 8 heteroatoms. The Morgan fingerprint density at radius 2 is 1.66 bits per heavy atom. The normalized spacial score (nSPS) is 15.4. The molecular weight excluding hydrogens is 630 g/mol. The zero-order valence-corrected chi connectivity index (χ0v) is 30.4. The molecule has 0 unspecified atom stereocenters. The third kappa shape index (κ3) is 6.59. The molecule has 0 fully saturated rings. The van der Waals surface area contributed by atoms with Crippen molar-refractivity contribution < 1.29 is 28.2 Å². The van der Waals surface area contributed by atoms with Crippen LogP contribution in [0, 0.1) is 18.3 Å². The molecular formula is C42H45NO7. The van der Waals surface area contributed by atoms with Crippen molar-refractivity contribution in [2.24, 2.45) is 11.3 Å². The number of para-hydroxylation sites is 1. The molecule has 1 atom stereocenters. The summed E-state index contributed by atoms with van der Waals surface area (Å²) in [6.07, 6.45) is 3.51. The van der Waals surface area contributed by atoms with Gasteiger partial charge >= 0.3 is 11.6 Å². The monoisotopic (exact) mass is 675 g/mol. The van der Waals surface area contributed by atoms with E-state index in [0.29, 0.717) is 45.9 Å². The average Bonchev–Trinajstić information content (AvgIpc) is 3.07. The second kappa shape index (κ2) is 13.7. The lowest BCUT2D eigenvalue weighted by atomic mass is 9.69. The van der Waals surface area contributed by atoms with Crippen LogP contribution >= 0.6 is 0 Å². The molecule has 8 nitrogen and oxygen atoms in total. The van der Waals surface area contributed by atoms with E-state index in [0.717, 1.165) is 50.7 Å². The summed E-state index contributed by atoms with van der Waals surface area (Å²) < 4.78 is 28.5. The van der Waals surface area contributed by atoms with Crippen LogP contribution in [0.4, 0.5) is 0 Å². The van der Waals surface area contributed by atoms with Crippen molar-refractivity contribution in [3.8, 4) is 17.2 Å². The van der Waals surface area contributed by atoms with Crippen LogP contribution < -0.4 is 19.8 Å². The zero-order valence-electron chi connectivity index (χ0n) is 30.4. The predicted molar refractivity (Wildman–Crippen MR) is 197 cm³/mol. The van der Waals surface area contributed by atoms with Gasteiger partial charge in [0.25, 0.3) is 0 Å². The van der Waals surface area contributed by atoms with Gasteiger partial charge in [0.2, 0.25) is 5.75 Å². The zero-order chi connectivity index (χ0) is 35.9. The molecule has 2 aromatic heterocycles. The number of carbonyl (C=O) groups is 1. The number of fused-ring (bicyclic) bond motifs is 3. The highest BCUT2D eigenvalue weighted by Gasteiger charge is 2.35. The van der Waals surface area contributed by atoms with Crippen LogP contribution in [0.15, 0.2) is 63.8 Å². The van der Waals surface area contributed by atoms with Gasteiger partial charge in [0, 0.05) is 22.4 Å². The van der Waals surface area contributed by atoms with Gasteiger partial charge in [-0.15, -0.1) is 0 Å². The van der Waals surface area contributed by atoms with Gasteiger partial charge in [0.1, 0.15) is 12.2 Å². The number of allylic oxidation sites excluding steroid dienone is 1. The molecule has 0 radical (unpaired) electrons. The van der Waals surface area contributed by atoms with Crippen molar-refractivity contribution in [1.29, 1.82) is 0 Å². The molecule has 0 aliphatic heterocycles. The van der Waals surface area contributed by atoms with E-state index in [1.807, 2.05) is 55.5 Å². The quantitative estimate of drug-likeness (QED) is 0.119. The molecule has 6 rings (SSSR count). The lowest BCUT2D eigenvalue weighted by Crippen LogP contribution is -2.28. The SMILES string of the molecule is COc1cc(/C=C2/C[C@H](C(C)(C)C)Cc3c2nc2ccccc2c3C(=O)OCc2cc(=O)oc3cc(C)c(C(C)C)cc23)cc(OC)c1OC. The van der Waals surface area contributed by atoms with E-state index in [4.69, 9.17) is 28.3 Å². The Bertz CT molecular complexity index is 2180. The van der Waals surface area contributed by atoms with E-state index in [2.05, 4.69) is 40.7 Å². The van der Waals surface area contributed by atoms with Gasteiger partial charge in [-0.1, -0.05) is 52.8 Å². The van der Waals surface area contributed by atoms with Crippen molar-refractivity contribution in [2.45, 2.75) is 66.9 Å². The Hall–Kier alpha value is -5.11. The maximum Gasteiger partial charge on any atom is 0.339 e. The summed E-state index contributed by atoms with van der Waals surface area (Å²) in [5.74, 6) is 1.64. The van der Waals surface area contributed by atoms with E-state index in [9.17, 15) is 9.59 Å². The van der Waals surface area contributed by atoms with Gasteiger partial charge in [-0.2, -0.15) is 0 Å². The van der Waals surface area contributed by atoms with Gasteiger partial charge in [-0.25, -0.2) is 14.6 Å². The molecule has 5 aromatic rings. The second-order valence-electron chi connectivity index (χ2n) is 14.5. The summed E-state index contributed by atoms with van der Waals surface area (Å²) in [6, 6.07) is 16.9. The topological polar surface area (TPSA) is 97.1 Å². The number of ether oxygens (including phenoxy) is 4. The Morgan fingerprint density at radius 3 is 2.30 bits per heavy atom. The average molecular weight is 676 g/mol. The number of aromatic nitrogens is 1. The van der Waals surface area contributed by atoms with Crippen LogP contribution in [0.2, 0.25) is 0 Å². The van der Waals surface area contributed by atoms with Crippen molar-refractivity contribution in [1.82, 2.24) is 4.98 Å². The van der Waals surface area contributed by atoms with E-state index in [1.54, 1.807) is 21.3 Å². The summed E-state index contributed by atoms with van der Waals surface area (Å²) in [4.78, 5) is 32.2. The summed E-state index contributed by atoms with van der Waals surface area (Å²) in [5.41, 5.74) is 7.42. The molecule has 50 heavy (non-hydrogen) atoms. The third-order valence-corrected chi connectivity index (χ3v) is 9.87. The molecule has 0 spiro atoms. The fourth-order valence-corrected chi connectivity index (χ4v) is 7.10. The highest BCUT2D eigenvalue weighted by Crippen LogP contribution is 2.46. The molecule has 0 amide bonds. The van der Waals surface area contributed by atoms with Gasteiger partial charge < -0.3 is 23.4 Å². The molecule has 0 saturated heterocycles. The summed E-state index contributed by atoms with van der Waals surface area (Å²) in [6.45, 7) is 12.9. The minimum Gasteiger partial charge on any atom is -0.493 e. The first-order chi connectivity index (χ1) is 23.8. The van der Waals surface area contributed by atoms with E-state index in [1.165, 1.54) is 6.07 Å². The highest BCUT2D eigenvalue weighted by atomic mass is 16.5. The molecule has 3 aromatic carbocycles. The van der Waals surface area contributed by atoms with Crippen LogP contribution in [0.3, 0.4) is 0 Å². The standard InChI is InChI=1S/C42H45NO7/c1-23(2)30-21-31-27(19-37(44)50-34(31)14-24(30)3)22-49-41(45)38-29-12-10-11-13-33(29)43-39-26(18-28(20-32(38)39)42(4,5)6)15-25-16-35(46-7)40(48-9)36(17-25)47-8/h10-17,19,21,23,28H,18,20,22H2,1-9H3/b26-15-/t28-/m0/s1. The number of methoxy groups -OCH3 is 3. The third-order valence-electron chi connectivity index (χ3n) is 9.87. The molecule has 0 saturated carbocycles. The fourth-order valence-electron chi connectivity index (χ4n) is 7.10. The number of aryl methyl sites for hydroxylation is 1. The molecule has 0 N–H and O–H groups in total. The first-order valence-electron chi connectivity index (χ1n) is 17.0. The summed E-state index contributed by atoms with van der Waals surface area (Å²) >= 11 is 0. The van der Waals surface area contributed by atoms with Crippen LogP contribution in [-0.2, 0) is 17.8 Å². The summed E-state index contributed by atoms with van der Waals surface area (Å²) in [7, 11) is 4.78. The second-order valence-corrected chi connectivity index (χ2v) is 14.5. The Morgan fingerprint density at radius 1 is 0.960 bits per heavy atom. The number of hydrogen-bond acceptors (Lipinski definition) is 8. The molecule has 0 bridgehead atoms. The largest absolute Gasteiger partial charge is 0.493 e. The summed E-state index contributed by atoms with van der Waals surface area (Å²) in [5, 5.41) is 1.49. The smallest absolute Gasteiger partial charge is 0.339 e. The number of pyridine rings is 1. The molecule has 260 valence electrons. The Kier molecular flexibility index (Phi) is 9.49. The van der Waals surface area contributed by atoms with Crippen molar-refractivity contribution in [2.75, 3.05) is 21.3 Å². The van der Waals surface area contributed by atoms with Crippen molar-refractivity contribution in [3.63, 3.8) is 0 Å². The maximum absolute atomic E-state index is 14.4. The van der Waals surface area contributed by atoms with Crippen molar-refractivity contribution >= 4 is 39.5 Å². The lowest BCUT2D eigenvalue weighted by Gasteiger charge is -2.36. The van der Waals surface area contributed by atoms with E-state index in [-0.39, 0.29) is 23.9 Å². The number of benzene rings is 3. The first-order valence-corrected chi connectivity index (χ1v) is 17.0. The number of esters is 1. The fraction of sp³-hybridized carbons (Fsp3) is 0.357. The Labute approximate surface area is 293 Å². The van der Waals surface area contributed by atoms with E-state index >= 15 is 0 Å². The first kappa shape index (κ1) is 34.7. The number of nitrogens with zero attached hydrogens (tertiary/aromatic N) is 1. The number of hydrogen-bond donors (Lipinski definition) is 0. The number of rotatable bonds is 8. The van der Waals surface area contributed by atoms with Crippen LogP contribution in [0.5, 0.6) is 17.2 Å². The molecule has 1 aliphatic carbocycles. The van der Waals surface area contributed by atoms with Gasteiger partial charge in [0.05, 0.1) is 38.1 Å². The van der Waals surface area contributed by atoms with Gasteiger partial charge in [0.15, 0.2) is 11.5 Å². The molecule has 2 heterocycles. The van der Waals surface area contributed by atoms with Crippen LogP contribution in [0.1, 0.15) is 90.8 Å². The van der Waals surface area contributed by atoms with Gasteiger partial charge in [-0.3, -0.25) is 0 Å². The van der Waals surface area contributed by atoms with Crippen LogP contribution in [0.25, 0.3) is 33.5 Å². The van der Waals surface area contributed by atoms with Crippen molar-refractivity contribution in [3.05, 3.63) is 104 Å². The minimum absolute atomic E-state index is 0.0673. The van der Waals surface area contributed by atoms with Crippen LogP contribution in [-0.4, -0.2) is 32.3 Å². The Balaban J connectivity index is 1.49. The maximum atomic E-state index is 14.4. The highest BCUT2D eigenvalue weighted by molar-refractivity contribution is 6.07. The molecule has 1 aliphatic rings.